The summed E-state index contributed by atoms with van der Waals surface area (Å²) in [6, 6.07) is 20.1. The van der Waals surface area contributed by atoms with Crippen LogP contribution in [-0.2, 0) is 6.54 Å². The smallest absolute Gasteiger partial charge is 0.256 e. The van der Waals surface area contributed by atoms with Crippen LogP contribution in [0.25, 0.3) is 0 Å². The van der Waals surface area contributed by atoms with E-state index < -0.39 is 5.82 Å². The molecule has 2 amide bonds. The van der Waals surface area contributed by atoms with E-state index in [9.17, 15) is 14.0 Å². The van der Waals surface area contributed by atoms with E-state index in [-0.39, 0.29) is 23.9 Å². The zero-order valence-corrected chi connectivity index (χ0v) is 18.4. The van der Waals surface area contributed by atoms with Gasteiger partial charge in [0.2, 0.25) is 0 Å². The van der Waals surface area contributed by atoms with Crippen LogP contribution in [0.3, 0.4) is 0 Å². The summed E-state index contributed by atoms with van der Waals surface area (Å²) in [6.45, 7) is 1.09. The van der Waals surface area contributed by atoms with Crippen molar-refractivity contribution in [2.75, 3.05) is 18.4 Å². The summed E-state index contributed by atoms with van der Waals surface area (Å²) in [4.78, 5) is 27.4. The lowest BCUT2D eigenvalue weighted by molar-refractivity contribution is 0.0742. The second kappa shape index (κ2) is 10.8. The molecule has 3 aromatic carbocycles. The van der Waals surface area contributed by atoms with E-state index in [0.29, 0.717) is 35.2 Å². The Balaban J connectivity index is 1.84. The van der Waals surface area contributed by atoms with Gasteiger partial charge >= 0.3 is 0 Å². The van der Waals surface area contributed by atoms with Gasteiger partial charge in [-0.1, -0.05) is 36.4 Å². The summed E-state index contributed by atoms with van der Waals surface area (Å²) in [7, 11) is 0. The van der Waals surface area contributed by atoms with Crippen molar-refractivity contribution >= 4 is 33.4 Å². The van der Waals surface area contributed by atoms with E-state index in [0.717, 1.165) is 5.56 Å². The van der Waals surface area contributed by atoms with Crippen LogP contribution >= 0.6 is 15.9 Å². The number of anilines is 1. The summed E-state index contributed by atoms with van der Waals surface area (Å²) >= 11 is 3.39. The van der Waals surface area contributed by atoms with Crippen LogP contribution in [0.5, 0.6) is 0 Å². The summed E-state index contributed by atoms with van der Waals surface area (Å²) in [6.07, 6.45) is 0.604. The molecule has 0 aliphatic heterocycles. The van der Waals surface area contributed by atoms with Crippen LogP contribution < -0.4 is 11.1 Å². The Hall–Kier alpha value is -3.03. The standard InChI is InChI=1S/C24H23BrFN3O2/c25-21-11-3-2-10-20(21)23(30)28-22-12-4-1-7-18(22)16-29(14-6-13-27)24(31)17-8-5-9-19(26)15-17/h1-5,7-12,15H,6,13-14,16,27H2,(H,28,30). The number of nitrogens with two attached hydrogens (primary N) is 1. The quantitative estimate of drug-likeness (QED) is 0.481. The number of hydrogen-bond acceptors (Lipinski definition) is 3. The van der Waals surface area contributed by atoms with Crippen molar-refractivity contribution in [1.82, 2.24) is 4.90 Å². The summed E-state index contributed by atoms with van der Waals surface area (Å²) < 4.78 is 14.3. The zero-order valence-electron chi connectivity index (χ0n) is 16.9. The van der Waals surface area contributed by atoms with Gasteiger partial charge < -0.3 is 16.0 Å². The Morgan fingerprint density at radius 1 is 1.00 bits per heavy atom. The predicted molar refractivity (Wildman–Crippen MR) is 123 cm³/mol. The fourth-order valence-corrected chi connectivity index (χ4v) is 3.62. The first-order valence-electron chi connectivity index (χ1n) is 9.88. The van der Waals surface area contributed by atoms with Crippen LogP contribution in [0.2, 0.25) is 0 Å². The Morgan fingerprint density at radius 2 is 1.74 bits per heavy atom. The fraction of sp³-hybridized carbons (Fsp3) is 0.167. The average molecular weight is 484 g/mol. The third kappa shape index (κ3) is 5.99. The molecular formula is C24H23BrFN3O2. The number of amides is 2. The van der Waals surface area contributed by atoms with Crippen LogP contribution in [0.15, 0.2) is 77.3 Å². The van der Waals surface area contributed by atoms with Crippen molar-refractivity contribution in [2.45, 2.75) is 13.0 Å². The van der Waals surface area contributed by atoms with Gasteiger partial charge in [-0.15, -0.1) is 0 Å². The van der Waals surface area contributed by atoms with E-state index in [2.05, 4.69) is 21.2 Å². The van der Waals surface area contributed by atoms with Gasteiger partial charge in [0.25, 0.3) is 11.8 Å². The Labute approximate surface area is 189 Å². The minimum atomic E-state index is -0.467. The highest BCUT2D eigenvalue weighted by molar-refractivity contribution is 9.10. The van der Waals surface area contributed by atoms with Gasteiger partial charge in [0.15, 0.2) is 0 Å². The molecule has 0 atom stereocenters. The lowest BCUT2D eigenvalue weighted by Gasteiger charge is -2.24. The van der Waals surface area contributed by atoms with Crippen LogP contribution in [0.4, 0.5) is 10.1 Å². The first-order valence-corrected chi connectivity index (χ1v) is 10.7. The number of carbonyl (C=O) groups is 2. The number of nitrogens with one attached hydrogen (secondary N) is 1. The summed E-state index contributed by atoms with van der Waals surface area (Å²) in [5.41, 5.74) is 7.80. The number of halogens is 2. The molecule has 3 aromatic rings. The van der Waals surface area contributed by atoms with Crippen molar-refractivity contribution in [1.29, 1.82) is 0 Å². The van der Waals surface area contributed by atoms with Crippen LogP contribution in [-0.4, -0.2) is 29.8 Å². The molecule has 0 heterocycles. The average Bonchev–Trinajstić information content (AvgIpc) is 2.77. The van der Waals surface area contributed by atoms with E-state index in [1.54, 1.807) is 35.2 Å². The maximum absolute atomic E-state index is 13.6. The highest BCUT2D eigenvalue weighted by Crippen LogP contribution is 2.22. The van der Waals surface area contributed by atoms with Crippen LogP contribution in [0, 0.1) is 5.82 Å². The first kappa shape index (κ1) is 22.7. The number of carbonyl (C=O) groups excluding carboxylic acids is 2. The number of hydrogen-bond donors (Lipinski definition) is 2. The molecule has 31 heavy (non-hydrogen) atoms. The molecule has 7 heteroatoms. The summed E-state index contributed by atoms with van der Waals surface area (Å²) in [5, 5.41) is 2.93. The van der Waals surface area contributed by atoms with Crippen LogP contribution in [0.1, 0.15) is 32.7 Å². The molecule has 160 valence electrons. The molecule has 3 rings (SSSR count). The number of benzene rings is 3. The van der Waals surface area contributed by atoms with Gasteiger partial charge in [0.1, 0.15) is 5.82 Å². The molecule has 0 fully saturated rings. The highest BCUT2D eigenvalue weighted by atomic mass is 79.9. The predicted octanol–water partition coefficient (Wildman–Crippen LogP) is 4.83. The van der Waals surface area contributed by atoms with Crippen molar-refractivity contribution in [3.05, 3.63) is 99.8 Å². The lowest BCUT2D eigenvalue weighted by atomic mass is 10.1. The monoisotopic (exact) mass is 483 g/mol. The number of nitrogens with zero attached hydrogens (tertiary/aromatic N) is 1. The molecule has 3 N–H and O–H groups in total. The van der Waals surface area contributed by atoms with Gasteiger partial charge in [-0.3, -0.25) is 9.59 Å². The first-order chi connectivity index (χ1) is 15.0. The van der Waals surface area contributed by atoms with Crippen molar-refractivity contribution < 1.29 is 14.0 Å². The Kier molecular flexibility index (Phi) is 7.92. The number of para-hydroxylation sites is 1. The largest absolute Gasteiger partial charge is 0.334 e. The summed E-state index contributed by atoms with van der Waals surface area (Å²) in [5.74, 6) is -1.02. The normalized spacial score (nSPS) is 10.5. The molecule has 0 unspecified atom stereocenters. The zero-order chi connectivity index (χ0) is 22.2. The topological polar surface area (TPSA) is 75.4 Å². The lowest BCUT2D eigenvalue weighted by Crippen LogP contribution is -2.33. The van der Waals surface area contributed by atoms with E-state index in [1.165, 1.54) is 18.2 Å². The van der Waals surface area contributed by atoms with E-state index >= 15 is 0 Å². The van der Waals surface area contributed by atoms with Gasteiger partial charge in [-0.25, -0.2) is 4.39 Å². The highest BCUT2D eigenvalue weighted by Gasteiger charge is 2.19. The molecule has 0 aliphatic rings. The van der Waals surface area contributed by atoms with Gasteiger partial charge in [-0.2, -0.15) is 0 Å². The Bertz CT molecular complexity index is 1070. The third-order valence-electron chi connectivity index (χ3n) is 4.74. The molecule has 0 aromatic heterocycles. The maximum Gasteiger partial charge on any atom is 0.256 e. The fourth-order valence-electron chi connectivity index (χ4n) is 3.16. The van der Waals surface area contributed by atoms with Crippen molar-refractivity contribution in [3.8, 4) is 0 Å². The third-order valence-corrected chi connectivity index (χ3v) is 5.43. The van der Waals surface area contributed by atoms with E-state index in [1.807, 2.05) is 24.3 Å². The second-order valence-electron chi connectivity index (χ2n) is 6.97. The molecule has 0 radical (unpaired) electrons. The van der Waals surface area contributed by atoms with Crippen molar-refractivity contribution in [3.63, 3.8) is 0 Å². The molecule has 0 saturated heterocycles. The molecular weight excluding hydrogens is 461 g/mol. The molecule has 0 saturated carbocycles. The SMILES string of the molecule is NCCCN(Cc1ccccc1NC(=O)c1ccccc1Br)C(=O)c1cccc(F)c1. The molecule has 0 bridgehead atoms. The second-order valence-corrected chi connectivity index (χ2v) is 7.82. The molecule has 0 aliphatic carbocycles. The van der Waals surface area contributed by atoms with Gasteiger partial charge in [0, 0.05) is 28.8 Å². The van der Waals surface area contributed by atoms with Gasteiger partial charge in [0.05, 0.1) is 5.56 Å². The molecule has 5 nitrogen and oxygen atoms in total. The molecule has 0 spiro atoms. The van der Waals surface area contributed by atoms with E-state index in [4.69, 9.17) is 5.73 Å². The number of rotatable bonds is 8. The Morgan fingerprint density at radius 3 is 2.48 bits per heavy atom. The van der Waals surface area contributed by atoms with Crippen molar-refractivity contribution in [2.24, 2.45) is 5.73 Å². The minimum absolute atomic E-state index is 0.252. The maximum atomic E-state index is 13.6. The minimum Gasteiger partial charge on any atom is -0.334 e. The van der Waals surface area contributed by atoms with Gasteiger partial charge in [-0.05, 0) is 70.9 Å².